The molecule has 0 bridgehead atoms. The van der Waals surface area contributed by atoms with E-state index in [4.69, 9.17) is 11.1 Å². The van der Waals surface area contributed by atoms with E-state index in [-0.39, 0.29) is 46.1 Å². The molecule has 0 spiro atoms. The number of rotatable bonds is 8. The van der Waals surface area contributed by atoms with Crippen LogP contribution in [0.3, 0.4) is 0 Å². The van der Waals surface area contributed by atoms with Crippen molar-refractivity contribution in [3.05, 3.63) is 77.4 Å². The Kier molecular flexibility index (Phi) is 7.98. The minimum atomic E-state index is -1.29. The lowest BCUT2D eigenvalue weighted by molar-refractivity contribution is 0.0697. The number of nitrogens with two attached hydrogens (primary N) is 1. The van der Waals surface area contributed by atoms with E-state index in [9.17, 15) is 24.6 Å². The predicted octanol–water partition coefficient (Wildman–Crippen LogP) is 2.51. The van der Waals surface area contributed by atoms with Crippen molar-refractivity contribution in [3.8, 4) is 11.1 Å². The number of aromatic nitrogens is 2. The summed E-state index contributed by atoms with van der Waals surface area (Å²) in [7, 11) is 0. The van der Waals surface area contributed by atoms with Crippen molar-refractivity contribution in [1.82, 2.24) is 15.3 Å². The number of pyridine rings is 2. The number of hydrogen-bond acceptors (Lipinski definition) is 7. The van der Waals surface area contributed by atoms with E-state index < -0.39 is 29.2 Å². The quantitative estimate of drug-likeness (QED) is 0.199. The molecule has 192 valence electrons. The van der Waals surface area contributed by atoms with E-state index in [1.54, 1.807) is 12.1 Å². The third-order valence-corrected chi connectivity index (χ3v) is 5.66. The molecule has 11 nitrogen and oxygen atoms in total. The SMILES string of the molecule is CC(C)(C)[C@@H](CO)NC(=O)c1ccc(-c2cccnc2C(=O)Nc2ccc(C(=N)N)nc2)c(C(=O)O)c1. The molecule has 1 atom stereocenters. The number of carboxylic acids is 1. The van der Waals surface area contributed by atoms with E-state index in [1.807, 2.05) is 20.8 Å². The van der Waals surface area contributed by atoms with Gasteiger partial charge in [0, 0.05) is 17.3 Å². The summed E-state index contributed by atoms with van der Waals surface area (Å²) in [5.41, 5.74) is 5.87. The first kappa shape index (κ1) is 27.0. The smallest absolute Gasteiger partial charge is 0.336 e. The summed E-state index contributed by atoms with van der Waals surface area (Å²) in [4.78, 5) is 46.1. The number of amidine groups is 1. The van der Waals surface area contributed by atoms with Gasteiger partial charge in [0.1, 0.15) is 17.2 Å². The number of amides is 2. The molecule has 0 aliphatic carbocycles. The Balaban J connectivity index is 1.95. The van der Waals surface area contributed by atoms with E-state index in [0.29, 0.717) is 5.69 Å². The fourth-order valence-corrected chi connectivity index (χ4v) is 3.50. The minimum Gasteiger partial charge on any atom is -0.478 e. The van der Waals surface area contributed by atoms with Crippen LogP contribution in [0, 0.1) is 10.8 Å². The summed E-state index contributed by atoms with van der Waals surface area (Å²) in [5, 5.41) is 32.3. The first-order valence-corrected chi connectivity index (χ1v) is 11.3. The van der Waals surface area contributed by atoms with Crippen molar-refractivity contribution in [1.29, 1.82) is 5.41 Å². The first-order valence-electron chi connectivity index (χ1n) is 11.3. The van der Waals surface area contributed by atoms with Crippen molar-refractivity contribution in [2.45, 2.75) is 26.8 Å². The van der Waals surface area contributed by atoms with Gasteiger partial charge in [0.15, 0.2) is 0 Å². The Bertz CT molecular complexity index is 1350. The van der Waals surface area contributed by atoms with Crippen LogP contribution in [-0.2, 0) is 0 Å². The molecule has 0 saturated heterocycles. The molecule has 0 saturated carbocycles. The van der Waals surface area contributed by atoms with Crippen molar-refractivity contribution < 1.29 is 24.6 Å². The topological polar surface area (TPSA) is 191 Å². The van der Waals surface area contributed by atoms with E-state index in [2.05, 4.69) is 20.6 Å². The zero-order valence-corrected chi connectivity index (χ0v) is 20.6. The lowest BCUT2D eigenvalue weighted by atomic mass is 9.87. The number of carbonyl (C=O) groups is 3. The van der Waals surface area contributed by atoms with Crippen molar-refractivity contribution >= 4 is 29.3 Å². The zero-order valence-electron chi connectivity index (χ0n) is 20.6. The average molecular weight is 505 g/mol. The van der Waals surface area contributed by atoms with Crippen LogP contribution < -0.4 is 16.4 Å². The summed E-state index contributed by atoms with van der Waals surface area (Å²) in [6, 6.07) is 9.71. The van der Waals surface area contributed by atoms with Crippen molar-refractivity contribution in [3.63, 3.8) is 0 Å². The largest absolute Gasteiger partial charge is 0.478 e. The maximum Gasteiger partial charge on any atom is 0.336 e. The molecule has 3 rings (SSSR count). The molecule has 0 unspecified atom stereocenters. The number of anilines is 1. The molecule has 2 amide bonds. The Morgan fingerprint density at radius 2 is 1.78 bits per heavy atom. The van der Waals surface area contributed by atoms with E-state index in [0.717, 1.165) is 0 Å². The Morgan fingerprint density at radius 1 is 1.05 bits per heavy atom. The second-order valence-corrected chi connectivity index (χ2v) is 9.34. The maximum atomic E-state index is 13.0. The van der Waals surface area contributed by atoms with Crippen LogP contribution in [0.4, 0.5) is 5.69 Å². The van der Waals surface area contributed by atoms with Gasteiger partial charge in [-0.3, -0.25) is 25.0 Å². The van der Waals surface area contributed by atoms with Gasteiger partial charge >= 0.3 is 5.97 Å². The summed E-state index contributed by atoms with van der Waals surface area (Å²) >= 11 is 0. The summed E-state index contributed by atoms with van der Waals surface area (Å²) in [6.07, 6.45) is 2.74. The number of nitrogens with zero attached hydrogens (tertiary/aromatic N) is 2. The molecule has 1 aromatic carbocycles. The summed E-state index contributed by atoms with van der Waals surface area (Å²) in [5.74, 6) is -2.65. The molecular formula is C26H28N6O5. The van der Waals surface area contributed by atoms with Crippen LogP contribution in [0.25, 0.3) is 11.1 Å². The van der Waals surface area contributed by atoms with Gasteiger partial charge in [0.2, 0.25) is 0 Å². The number of aromatic carboxylic acids is 1. The molecule has 0 fully saturated rings. The highest BCUT2D eigenvalue weighted by molar-refractivity contribution is 6.09. The number of hydrogen-bond donors (Lipinski definition) is 6. The predicted molar refractivity (Wildman–Crippen MR) is 138 cm³/mol. The molecule has 7 N–H and O–H groups in total. The average Bonchev–Trinajstić information content (AvgIpc) is 2.86. The molecule has 2 heterocycles. The molecule has 0 aliphatic rings. The fourth-order valence-electron chi connectivity index (χ4n) is 3.50. The molecular weight excluding hydrogens is 476 g/mol. The Morgan fingerprint density at radius 3 is 2.35 bits per heavy atom. The van der Waals surface area contributed by atoms with Gasteiger partial charge in [-0.05, 0) is 41.3 Å². The number of nitrogens with one attached hydrogen (secondary N) is 3. The molecule has 37 heavy (non-hydrogen) atoms. The van der Waals surface area contributed by atoms with Crippen LogP contribution in [0.2, 0.25) is 0 Å². The first-order chi connectivity index (χ1) is 17.4. The number of aliphatic hydroxyl groups is 1. The number of benzene rings is 1. The zero-order chi connectivity index (χ0) is 27.3. The Labute approximate surface area is 213 Å². The minimum absolute atomic E-state index is 0.0362. The third-order valence-electron chi connectivity index (χ3n) is 5.66. The van der Waals surface area contributed by atoms with E-state index >= 15 is 0 Å². The van der Waals surface area contributed by atoms with Crippen LogP contribution in [0.1, 0.15) is 57.7 Å². The van der Waals surface area contributed by atoms with Gasteiger partial charge in [-0.25, -0.2) is 4.79 Å². The molecule has 0 aliphatic heterocycles. The summed E-state index contributed by atoms with van der Waals surface area (Å²) < 4.78 is 0. The maximum absolute atomic E-state index is 13.0. The van der Waals surface area contributed by atoms with Crippen molar-refractivity contribution in [2.75, 3.05) is 11.9 Å². The molecule has 11 heteroatoms. The van der Waals surface area contributed by atoms with E-state index in [1.165, 1.54) is 42.7 Å². The fraction of sp³-hybridized carbons (Fsp3) is 0.231. The van der Waals surface area contributed by atoms with Gasteiger partial charge in [-0.1, -0.05) is 32.9 Å². The van der Waals surface area contributed by atoms with Gasteiger partial charge in [-0.2, -0.15) is 0 Å². The number of carbonyl (C=O) groups excluding carboxylic acids is 2. The number of carboxylic acid groups (broad SMARTS) is 1. The highest BCUT2D eigenvalue weighted by Crippen LogP contribution is 2.28. The van der Waals surface area contributed by atoms with Crippen LogP contribution >= 0.6 is 0 Å². The highest BCUT2D eigenvalue weighted by atomic mass is 16.4. The normalized spacial score (nSPS) is 11.9. The van der Waals surface area contributed by atoms with Gasteiger partial charge < -0.3 is 26.6 Å². The Hall–Kier alpha value is -4.64. The lowest BCUT2D eigenvalue weighted by Crippen LogP contribution is -2.46. The van der Waals surface area contributed by atoms with Gasteiger partial charge in [0.05, 0.1) is 30.1 Å². The van der Waals surface area contributed by atoms with Gasteiger partial charge in [-0.15, -0.1) is 0 Å². The lowest BCUT2D eigenvalue weighted by Gasteiger charge is -2.29. The van der Waals surface area contributed by atoms with Crippen molar-refractivity contribution in [2.24, 2.45) is 11.1 Å². The second-order valence-electron chi connectivity index (χ2n) is 9.34. The number of aliphatic hydroxyl groups excluding tert-OH is 1. The van der Waals surface area contributed by atoms with Crippen LogP contribution in [0.5, 0.6) is 0 Å². The number of nitrogen functional groups attached to an aromatic ring is 1. The van der Waals surface area contributed by atoms with Gasteiger partial charge in [0.25, 0.3) is 11.8 Å². The molecule has 0 radical (unpaired) electrons. The highest BCUT2D eigenvalue weighted by Gasteiger charge is 2.27. The monoisotopic (exact) mass is 504 g/mol. The third kappa shape index (κ3) is 6.33. The van der Waals surface area contributed by atoms with Crippen LogP contribution in [-0.4, -0.2) is 56.4 Å². The molecule has 3 aromatic rings. The molecule has 2 aromatic heterocycles. The standard InChI is InChI=1S/C26H28N6O5/c1-26(2,3)20(13-33)32-23(34)14-6-8-16(18(11-14)25(36)37)17-5-4-10-29-21(17)24(35)31-15-7-9-19(22(27)28)30-12-15/h4-12,20,33H,13H2,1-3H3,(H3,27,28)(H,31,35)(H,32,34)(H,36,37)/t20-/m1/s1. The van der Waals surface area contributed by atoms with Crippen LogP contribution in [0.15, 0.2) is 54.9 Å². The second kappa shape index (κ2) is 11.0. The summed E-state index contributed by atoms with van der Waals surface area (Å²) in [6.45, 7) is 5.31.